The fourth-order valence-corrected chi connectivity index (χ4v) is 4.60. The number of fused-ring (bicyclic) bond motifs is 1. The Morgan fingerprint density at radius 3 is 2.75 bits per heavy atom. The van der Waals surface area contributed by atoms with Crippen LogP contribution in [0.3, 0.4) is 0 Å². The predicted molar refractivity (Wildman–Crippen MR) is 104 cm³/mol. The van der Waals surface area contributed by atoms with E-state index in [1.165, 1.54) is 6.07 Å². The van der Waals surface area contributed by atoms with Gasteiger partial charge < -0.3 is 14.8 Å². The van der Waals surface area contributed by atoms with Crippen LogP contribution in [0.25, 0.3) is 5.69 Å². The van der Waals surface area contributed by atoms with Crippen LogP contribution < -0.4 is 5.32 Å². The monoisotopic (exact) mass is 376 g/mol. The molecule has 0 aliphatic carbocycles. The Bertz CT molecular complexity index is 986. The van der Waals surface area contributed by atoms with Crippen LogP contribution >= 0.6 is 0 Å². The summed E-state index contributed by atoms with van der Waals surface area (Å²) in [6.07, 6.45) is 5.32. The van der Waals surface area contributed by atoms with Crippen LogP contribution in [0.4, 0.5) is 4.39 Å². The van der Waals surface area contributed by atoms with E-state index in [0.717, 1.165) is 24.3 Å². The molecule has 0 bridgehead atoms. The molecule has 2 aliphatic rings. The average molecular weight is 376 g/mol. The third-order valence-electron chi connectivity index (χ3n) is 5.93. The third-order valence-corrected chi connectivity index (χ3v) is 5.93. The van der Waals surface area contributed by atoms with E-state index in [0.29, 0.717) is 23.9 Å². The first-order valence-corrected chi connectivity index (χ1v) is 9.56. The first-order chi connectivity index (χ1) is 13.7. The van der Waals surface area contributed by atoms with E-state index in [4.69, 9.17) is 0 Å². The van der Waals surface area contributed by atoms with Crippen molar-refractivity contribution in [3.05, 3.63) is 84.2 Å². The summed E-state index contributed by atoms with van der Waals surface area (Å²) in [5.41, 5.74) is 2.48. The number of hydrogen-bond donors (Lipinski definition) is 1. The summed E-state index contributed by atoms with van der Waals surface area (Å²) in [5.74, 6) is 0.461. The van der Waals surface area contributed by atoms with Crippen LogP contribution in [0.2, 0.25) is 0 Å². The summed E-state index contributed by atoms with van der Waals surface area (Å²) in [5, 5.41) is 3.42. The molecule has 2 aromatic carbocycles. The first-order valence-electron chi connectivity index (χ1n) is 9.56. The van der Waals surface area contributed by atoms with Crippen molar-refractivity contribution in [2.75, 3.05) is 19.6 Å². The van der Waals surface area contributed by atoms with Crippen molar-refractivity contribution < 1.29 is 9.18 Å². The zero-order valence-corrected chi connectivity index (χ0v) is 15.3. The summed E-state index contributed by atoms with van der Waals surface area (Å²) in [7, 11) is 0. The second-order valence-electron chi connectivity index (χ2n) is 7.56. The van der Waals surface area contributed by atoms with Crippen molar-refractivity contribution in [2.45, 2.75) is 6.04 Å². The molecule has 3 heterocycles. The van der Waals surface area contributed by atoms with E-state index in [1.807, 2.05) is 46.0 Å². The van der Waals surface area contributed by atoms with Gasteiger partial charge in [0.2, 0.25) is 0 Å². The van der Waals surface area contributed by atoms with Gasteiger partial charge in [-0.25, -0.2) is 9.37 Å². The lowest BCUT2D eigenvalue weighted by molar-refractivity contribution is 0.0714. The van der Waals surface area contributed by atoms with Gasteiger partial charge in [0.1, 0.15) is 5.82 Å². The lowest BCUT2D eigenvalue weighted by atomic mass is 9.89. The van der Waals surface area contributed by atoms with Gasteiger partial charge in [0.05, 0.1) is 12.4 Å². The number of carbonyl (C=O) groups is 1. The molecule has 2 fully saturated rings. The van der Waals surface area contributed by atoms with E-state index < -0.39 is 0 Å². The maximum absolute atomic E-state index is 13.9. The van der Waals surface area contributed by atoms with Crippen LogP contribution in [0.5, 0.6) is 0 Å². The van der Waals surface area contributed by atoms with E-state index in [1.54, 1.807) is 24.7 Å². The molecule has 0 spiro atoms. The molecular formula is C22H21FN4O. The average Bonchev–Trinajstić information content (AvgIpc) is 3.44. The topological polar surface area (TPSA) is 50.2 Å². The molecule has 6 heteroatoms. The Balaban J connectivity index is 1.45. The van der Waals surface area contributed by atoms with Gasteiger partial charge in [-0.2, -0.15) is 0 Å². The van der Waals surface area contributed by atoms with Gasteiger partial charge >= 0.3 is 0 Å². The molecule has 1 N–H and O–H groups in total. The van der Waals surface area contributed by atoms with Crippen molar-refractivity contribution >= 4 is 5.91 Å². The Morgan fingerprint density at radius 2 is 2.00 bits per heavy atom. The number of halogens is 1. The van der Waals surface area contributed by atoms with E-state index in [-0.39, 0.29) is 17.8 Å². The van der Waals surface area contributed by atoms with Crippen LogP contribution in [0, 0.1) is 17.7 Å². The van der Waals surface area contributed by atoms with Crippen molar-refractivity contribution in [1.29, 1.82) is 0 Å². The highest BCUT2D eigenvalue weighted by Crippen LogP contribution is 2.43. The molecule has 0 unspecified atom stereocenters. The number of amides is 1. The zero-order valence-electron chi connectivity index (χ0n) is 15.3. The van der Waals surface area contributed by atoms with E-state index >= 15 is 0 Å². The summed E-state index contributed by atoms with van der Waals surface area (Å²) < 4.78 is 15.8. The van der Waals surface area contributed by atoms with Gasteiger partial charge in [-0.1, -0.05) is 12.1 Å². The molecule has 28 heavy (non-hydrogen) atoms. The molecular weight excluding hydrogens is 355 g/mol. The number of benzene rings is 2. The largest absolute Gasteiger partial charge is 0.331 e. The Hall–Kier alpha value is -2.99. The maximum atomic E-state index is 13.9. The third kappa shape index (κ3) is 2.90. The van der Waals surface area contributed by atoms with Gasteiger partial charge in [0.15, 0.2) is 0 Å². The van der Waals surface area contributed by atoms with Crippen molar-refractivity contribution in [1.82, 2.24) is 19.8 Å². The van der Waals surface area contributed by atoms with Crippen molar-refractivity contribution in [3.63, 3.8) is 0 Å². The van der Waals surface area contributed by atoms with Crippen LogP contribution in [0.15, 0.2) is 67.3 Å². The number of rotatable bonds is 3. The molecule has 3 aromatic rings. The van der Waals surface area contributed by atoms with Crippen LogP contribution in [0.1, 0.15) is 22.0 Å². The molecule has 0 radical (unpaired) electrons. The Kier molecular flexibility index (Phi) is 4.20. The molecule has 2 aliphatic heterocycles. The molecule has 1 amide bonds. The molecule has 5 nitrogen and oxygen atoms in total. The summed E-state index contributed by atoms with van der Waals surface area (Å²) in [4.78, 5) is 19.3. The smallest absolute Gasteiger partial charge is 0.254 e. The number of nitrogens with one attached hydrogen (secondary N) is 1. The number of likely N-dealkylation sites (tertiary alicyclic amines) is 1. The van der Waals surface area contributed by atoms with Gasteiger partial charge in [-0.15, -0.1) is 0 Å². The predicted octanol–water partition coefficient (Wildman–Crippen LogP) is 3.04. The zero-order chi connectivity index (χ0) is 19.1. The molecule has 0 saturated carbocycles. The summed E-state index contributed by atoms with van der Waals surface area (Å²) in [6, 6.07) is 14.1. The minimum absolute atomic E-state index is 0.000780. The second-order valence-corrected chi connectivity index (χ2v) is 7.56. The summed E-state index contributed by atoms with van der Waals surface area (Å²) >= 11 is 0. The van der Waals surface area contributed by atoms with Crippen molar-refractivity contribution in [2.24, 2.45) is 11.8 Å². The SMILES string of the molecule is O=C(c1ccc(-n2ccnc2)cc1)N1C[C@@H]2CNC[C@@H]2[C@@H]1c1cccc(F)c1. The summed E-state index contributed by atoms with van der Waals surface area (Å²) in [6.45, 7) is 2.45. The minimum Gasteiger partial charge on any atom is -0.331 e. The number of hydrogen-bond acceptors (Lipinski definition) is 3. The number of aromatic nitrogens is 2. The van der Waals surface area contributed by atoms with Gasteiger partial charge in [-0.05, 0) is 47.9 Å². The Labute approximate surface area is 162 Å². The number of nitrogens with zero attached hydrogens (tertiary/aromatic N) is 3. The fraction of sp³-hybridized carbons (Fsp3) is 0.273. The van der Waals surface area contributed by atoms with E-state index in [2.05, 4.69) is 10.3 Å². The van der Waals surface area contributed by atoms with Gasteiger partial charge in [0.25, 0.3) is 5.91 Å². The number of carbonyl (C=O) groups excluding carboxylic acids is 1. The highest BCUT2D eigenvalue weighted by Gasteiger charge is 2.46. The van der Waals surface area contributed by atoms with Crippen LogP contribution in [-0.2, 0) is 0 Å². The maximum Gasteiger partial charge on any atom is 0.254 e. The molecule has 142 valence electrons. The van der Waals surface area contributed by atoms with Crippen LogP contribution in [-0.4, -0.2) is 40.0 Å². The minimum atomic E-state index is -0.260. The molecule has 3 atom stereocenters. The van der Waals surface area contributed by atoms with Gasteiger partial charge in [-0.3, -0.25) is 4.79 Å². The molecule has 2 saturated heterocycles. The fourth-order valence-electron chi connectivity index (χ4n) is 4.60. The quantitative estimate of drug-likeness (QED) is 0.764. The Morgan fingerprint density at radius 1 is 1.14 bits per heavy atom. The highest BCUT2D eigenvalue weighted by molar-refractivity contribution is 5.95. The standard InChI is InChI=1S/C22H21FN4O/c23-18-3-1-2-16(10-18)21-20-12-25-11-17(20)13-27(21)22(28)15-4-6-19(7-5-15)26-9-8-24-14-26/h1-10,14,17,20-21,25H,11-13H2/t17-,20-,21-/m0/s1. The van der Waals surface area contributed by atoms with E-state index in [9.17, 15) is 9.18 Å². The lowest BCUT2D eigenvalue weighted by Crippen LogP contribution is -2.34. The normalized spacial score (nSPS) is 23.8. The lowest BCUT2D eigenvalue weighted by Gasteiger charge is -2.28. The molecule has 5 rings (SSSR count). The highest BCUT2D eigenvalue weighted by atomic mass is 19.1. The first kappa shape index (κ1) is 17.1. The molecule has 1 aromatic heterocycles. The van der Waals surface area contributed by atoms with Crippen molar-refractivity contribution in [3.8, 4) is 5.69 Å². The van der Waals surface area contributed by atoms with Gasteiger partial charge in [0, 0.05) is 49.2 Å². The number of imidazole rings is 1. The second kappa shape index (κ2) is 6.87.